The molecule has 0 bridgehead atoms. The molecule has 1 atom stereocenters. The Kier molecular flexibility index (Phi) is 6.54. The van der Waals surface area contributed by atoms with E-state index in [4.69, 9.17) is 10.5 Å². The second-order valence-corrected chi connectivity index (χ2v) is 3.48. The van der Waals surface area contributed by atoms with Crippen LogP contribution in [0.4, 0.5) is 0 Å². The second-order valence-electron chi connectivity index (χ2n) is 3.48. The van der Waals surface area contributed by atoms with E-state index in [1.165, 1.54) is 0 Å². The van der Waals surface area contributed by atoms with Gasteiger partial charge in [0.05, 0.1) is 6.61 Å². The summed E-state index contributed by atoms with van der Waals surface area (Å²) in [6.45, 7) is 5.51. The van der Waals surface area contributed by atoms with Crippen molar-refractivity contribution >= 4 is 5.91 Å². The average Bonchev–Trinajstić information content (AvgIpc) is 2.02. The van der Waals surface area contributed by atoms with Gasteiger partial charge in [0.1, 0.15) is 0 Å². The highest BCUT2D eigenvalue weighted by atomic mass is 16.5. The van der Waals surface area contributed by atoms with Crippen LogP contribution in [0.1, 0.15) is 20.3 Å². The van der Waals surface area contributed by atoms with E-state index >= 15 is 0 Å². The fourth-order valence-electron chi connectivity index (χ4n) is 1.05. The summed E-state index contributed by atoms with van der Waals surface area (Å²) in [5.74, 6) is 0.222. The molecule has 0 rings (SSSR count). The molecular formula is C9H20N2O2. The first-order valence-electron chi connectivity index (χ1n) is 4.58. The molecule has 1 unspecified atom stereocenters. The Hall–Kier alpha value is -0.610. The molecule has 4 heteroatoms. The third kappa shape index (κ3) is 6.54. The van der Waals surface area contributed by atoms with E-state index in [2.05, 4.69) is 19.2 Å². The highest BCUT2D eigenvalue weighted by molar-refractivity contribution is 5.73. The van der Waals surface area contributed by atoms with Crippen LogP contribution >= 0.6 is 0 Å². The summed E-state index contributed by atoms with van der Waals surface area (Å²) < 4.78 is 5.04. The Bertz CT molecular complexity index is 149. The van der Waals surface area contributed by atoms with Crippen molar-refractivity contribution in [1.82, 2.24) is 5.32 Å². The highest BCUT2D eigenvalue weighted by Gasteiger charge is 2.11. The monoisotopic (exact) mass is 188 g/mol. The molecular weight excluding hydrogens is 168 g/mol. The third-order valence-corrected chi connectivity index (χ3v) is 1.93. The van der Waals surface area contributed by atoms with E-state index in [1.54, 1.807) is 7.11 Å². The molecule has 0 aromatic heterocycles. The summed E-state index contributed by atoms with van der Waals surface area (Å²) >= 11 is 0. The van der Waals surface area contributed by atoms with E-state index in [-0.39, 0.29) is 5.91 Å². The standard InChI is InChI=1S/C9H20N2O2/c1-7(2)8(6-13-3)11-5-4-9(10)12/h7-8,11H,4-6H2,1-3H3,(H2,10,12). The number of hydrogen-bond acceptors (Lipinski definition) is 3. The minimum atomic E-state index is -0.271. The lowest BCUT2D eigenvalue weighted by Crippen LogP contribution is -2.39. The van der Waals surface area contributed by atoms with Crippen molar-refractivity contribution in [1.29, 1.82) is 0 Å². The maximum atomic E-state index is 10.5. The van der Waals surface area contributed by atoms with Gasteiger partial charge < -0.3 is 15.8 Å². The summed E-state index contributed by atoms with van der Waals surface area (Å²) in [5.41, 5.74) is 5.02. The molecule has 0 aromatic rings. The van der Waals surface area contributed by atoms with E-state index in [0.717, 1.165) is 0 Å². The number of carbonyl (C=O) groups is 1. The SMILES string of the molecule is COCC(NCCC(N)=O)C(C)C. The first-order chi connectivity index (χ1) is 6.07. The Morgan fingerprint density at radius 1 is 1.54 bits per heavy atom. The van der Waals surface area contributed by atoms with Crippen molar-refractivity contribution in [2.45, 2.75) is 26.3 Å². The van der Waals surface area contributed by atoms with Crippen molar-refractivity contribution in [3.8, 4) is 0 Å². The summed E-state index contributed by atoms with van der Waals surface area (Å²) in [6, 6.07) is 0.296. The molecule has 0 aliphatic heterocycles. The summed E-state index contributed by atoms with van der Waals surface area (Å²) in [5, 5.41) is 3.23. The highest BCUT2D eigenvalue weighted by Crippen LogP contribution is 2.01. The summed E-state index contributed by atoms with van der Waals surface area (Å²) in [6.07, 6.45) is 0.382. The zero-order valence-corrected chi connectivity index (χ0v) is 8.67. The number of nitrogens with one attached hydrogen (secondary N) is 1. The molecule has 13 heavy (non-hydrogen) atoms. The van der Waals surface area contributed by atoms with Gasteiger partial charge in [0, 0.05) is 26.1 Å². The number of nitrogens with two attached hydrogens (primary N) is 1. The molecule has 0 aliphatic carbocycles. The number of hydrogen-bond donors (Lipinski definition) is 2. The van der Waals surface area contributed by atoms with Crippen LogP contribution in [0.5, 0.6) is 0 Å². The lowest BCUT2D eigenvalue weighted by atomic mass is 10.1. The summed E-state index contributed by atoms with van der Waals surface area (Å²) in [4.78, 5) is 10.5. The zero-order chi connectivity index (χ0) is 10.3. The lowest BCUT2D eigenvalue weighted by molar-refractivity contribution is -0.117. The molecule has 0 fully saturated rings. The predicted octanol–water partition coefficient (Wildman–Crippen LogP) is 0.122. The van der Waals surface area contributed by atoms with Crippen molar-refractivity contribution in [3.63, 3.8) is 0 Å². The van der Waals surface area contributed by atoms with Crippen molar-refractivity contribution < 1.29 is 9.53 Å². The first-order valence-corrected chi connectivity index (χ1v) is 4.58. The van der Waals surface area contributed by atoms with Gasteiger partial charge in [-0.1, -0.05) is 13.8 Å². The van der Waals surface area contributed by atoms with Crippen LogP contribution in [0.15, 0.2) is 0 Å². The van der Waals surface area contributed by atoms with E-state index in [9.17, 15) is 4.79 Å². The Labute approximate surface area is 79.8 Å². The maximum absolute atomic E-state index is 10.5. The fraction of sp³-hybridized carbons (Fsp3) is 0.889. The Morgan fingerprint density at radius 3 is 2.54 bits per heavy atom. The largest absolute Gasteiger partial charge is 0.383 e. The maximum Gasteiger partial charge on any atom is 0.218 e. The van der Waals surface area contributed by atoms with Crippen LogP contribution in [0.3, 0.4) is 0 Å². The number of methoxy groups -OCH3 is 1. The fourth-order valence-corrected chi connectivity index (χ4v) is 1.05. The molecule has 4 nitrogen and oxygen atoms in total. The van der Waals surface area contributed by atoms with E-state index < -0.39 is 0 Å². The number of carbonyl (C=O) groups excluding carboxylic acids is 1. The quantitative estimate of drug-likeness (QED) is 0.596. The van der Waals surface area contributed by atoms with Gasteiger partial charge in [0.2, 0.25) is 5.91 Å². The molecule has 78 valence electrons. The molecule has 0 aliphatic rings. The van der Waals surface area contributed by atoms with E-state index in [0.29, 0.717) is 31.5 Å². The van der Waals surface area contributed by atoms with Crippen molar-refractivity contribution in [2.24, 2.45) is 11.7 Å². The smallest absolute Gasteiger partial charge is 0.218 e. The van der Waals surface area contributed by atoms with Crippen LogP contribution in [0, 0.1) is 5.92 Å². The molecule has 0 aromatic carbocycles. The molecule has 0 saturated carbocycles. The van der Waals surface area contributed by atoms with Crippen LogP contribution in [-0.2, 0) is 9.53 Å². The van der Waals surface area contributed by atoms with Crippen LogP contribution in [0.25, 0.3) is 0 Å². The van der Waals surface area contributed by atoms with Gasteiger partial charge in [-0.15, -0.1) is 0 Å². The summed E-state index contributed by atoms with van der Waals surface area (Å²) in [7, 11) is 1.67. The molecule has 0 spiro atoms. The minimum absolute atomic E-state index is 0.271. The predicted molar refractivity (Wildman–Crippen MR) is 52.3 cm³/mol. The van der Waals surface area contributed by atoms with Gasteiger partial charge in [0.25, 0.3) is 0 Å². The zero-order valence-electron chi connectivity index (χ0n) is 8.67. The van der Waals surface area contributed by atoms with Crippen LogP contribution in [-0.4, -0.2) is 32.2 Å². The van der Waals surface area contributed by atoms with Gasteiger partial charge in [-0.25, -0.2) is 0 Å². The Balaban J connectivity index is 3.62. The van der Waals surface area contributed by atoms with Gasteiger partial charge in [-0.3, -0.25) is 4.79 Å². The lowest BCUT2D eigenvalue weighted by Gasteiger charge is -2.21. The topological polar surface area (TPSA) is 64.3 Å². The number of amides is 1. The van der Waals surface area contributed by atoms with Crippen molar-refractivity contribution in [2.75, 3.05) is 20.3 Å². The number of rotatable bonds is 7. The van der Waals surface area contributed by atoms with Crippen molar-refractivity contribution in [3.05, 3.63) is 0 Å². The molecule has 1 amide bonds. The average molecular weight is 188 g/mol. The van der Waals surface area contributed by atoms with Crippen LogP contribution in [0.2, 0.25) is 0 Å². The Morgan fingerprint density at radius 2 is 2.15 bits per heavy atom. The van der Waals surface area contributed by atoms with Crippen LogP contribution < -0.4 is 11.1 Å². The van der Waals surface area contributed by atoms with Gasteiger partial charge in [-0.2, -0.15) is 0 Å². The van der Waals surface area contributed by atoms with Gasteiger partial charge >= 0.3 is 0 Å². The molecule has 0 heterocycles. The number of ether oxygens (including phenoxy) is 1. The molecule has 0 saturated heterocycles. The second kappa shape index (κ2) is 6.86. The normalized spacial score (nSPS) is 13.2. The van der Waals surface area contributed by atoms with Gasteiger partial charge in [-0.05, 0) is 5.92 Å². The third-order valence-electron chi connectivity index (χ3n) is 1.93. The number of primary amides is 1. The molecule has 3 N–H and O–H groups in total. The van der Waals surface area contributed by atoms with E-state index in [1.807, 2.05) is 0 Å². The van der Waals surface area contributed by atoms with Gasteiger partial charge in [0.15, 0.2) is 0 Å². The molecule has 0 radical (unpaired) electrons. The minimum Gasteiger partial charge on any atom is -0.383 e. The first kappa shape index (κ1) is 12.4.